The van der Waals surface area contributed by atoms with Gasteiger partial charge in [-0.2, -0.15) is 0 Å². The van der Waals surface area contributed by atoms with E-state index in [1.807, 2.05) is 42.9 Å². The highest BCUT2D eigenvalue weighted by Gasteiger charge is 2.21. The van der Waals surface area contributed by atoms with E-state index in [1.54, 1.807) is 7.11 Å². The third-order valence-electron chi connectivity index (χ3n) is 5.15. The average molecular weight is 333 g/mol. The van der Waals surface area contributed by atoms with Gasteiger partial charge in [0.1, 0.15) is 11.6 Å². The van der Waals surface area contributed by atoms with E-state index in [2.05, 4.69) is 22.9 Å². The maximum absolute atomic E-state index is 5.69. The molecule has 0 saturated carbocycles. The molecule has 0 unspecified atom stereocenters. The van der Waals surface area contributed by atoms with Crippen LogP contribution in [-0.2, 0) is 0 Å². The van der Waals surface area contributed by atoms with Gasteiger partial charge in [0.15, 0.2) is 0 Å². The Hall–Kier alpha value is -2.62. The molecular weight excluding hydrogens is 310 g/mol. The van der Waals surface area contributed by atoms with Crippen LogP contribution in [0, 0.1) is 5.92 Å². The van der Waals surface area contributed by atoms with E-state index in [0.717, 1.165) is 47.1 Å². The van der Waals surface area contributed by atoms with Crippen molar-refractivity contribution in [3.05, 3.63) is 48.9 Å². The molecule has 0 spiro atoms. The van der Waals surface area contributed by atoms with E-state index in [-0.39, 0.29) is 0 Å². The predicted octanol–water partition coefficient (Wildman–Crippen LogP) is 4.54. The highest BCUT2D eigenvalue weighted by molar-refractivity contribution is 6.05. The normalized spacial score (nSPS) is 15.5. The number of anilines is 1. The number of piperidine rings is 1. The molecule has 25 heavy (non-hydrogen) atoms. The lowest BCUT2D eigenvalue weighted by Gasteiger charge is -2.32. The van der Waals surface area contributed by atoms with Crippen molar-refractivity contribution in [2.24, 2.45) is 5.92 Å². The molecule has 1 saturated heterocycles. The zero-order chi connectivity index (χ0) is 17.2. The zero-order valence-electron chi connectivity index (χ0n) is 14.8. The number of nitrogens with zero attached hydrogens (tertiary/aromatic N) is 3. The minimum Gasteiger partial charge on any atom is -0.496 e. The lowest BCUT2D eigenvalue weighted by molar-refractivity contribution is 0.418. The summed E-state index contributed by atoms with van der Waals surface area (Å²) in [6.07, 6.45) is 8.06. The second-order valence-corrected chi connectivity index (χ2v) is 6.78. The van der Waals surface area contributed by atoms with Crippen LogP contribution in [0.3, 0.4) is 0 Å². The molecule has 4 nitrogen and oxygen atoms in total. The Morgan fingerprint density at radius 2 is 1.84 bits per heavy atom. The summed E-state index contributed by atoms with van der Waals surface area (Å²) >= 11 is 0. The highest BCUT2D eigenvalue weighted by Crippen LogP contribution is 2.39. The van der Waals surface area contributed by atoms with Gasteiger partial charge in [0.05, 0.1) is 12.5 Å². The molecule has 4 rings (SSSR count). The molecular formula is C21H23N3O. The maximum atomic E-state index is 5.69. The number of rotatable bonds is 3. The predicted molar refractivity (Wildman–Crippen MR) is 102 cm³/mol. The van der Waals surface area contributed by atoms with Crippen LogP contribution in [0.25, 0.3) is 21.9 Å². The summed E-state index contributed by atoms with van der Waals surface area (Å²) in [7, 11) is 1.73. The van der Waals surface area contributed by atoms with E-state index < -0.39 is 0 Å². The molecule has 3 aromatic rings. The number of ether oxygens (including phenoxy) is 1. The second kappa shape index (κ2) is 6.71. The summed E-state index contributed by atoms with van der Waals surface area (Å²) in [5.41, 5.74) is 2.24. The Morgan fingerprint density at radius 3 is 2.56 bits per heavy atom. The smallest absolute Gasteiger partial charge is 0.140 e. The first kappa shape index (κ1) is 15.9. The SMILES string of the molecule is COc1cccc2c(-c3ccncc3)cnc(N3CCC(C)CC3)c12. The van der Waals surface area contributed by atoms with Crippen LogP contribution < -0.4 is 9.64 Å². The summed E-state index contributed by atoms with van der Waals surface area (Å²) in [4.78, 5) is 11.4. The van der Waals surface area contributed by atoms with Crippen molar-refractivity contribution in [2.45, 2.75) is 19.8 Å². The summed E-state index contributed by atoms with van der Waals surface area (Å²) in [5, 5.41) is 2.28. The highest BCUT2D eigenvalue weighted by atomic mass is 16.5. The fraction of sp³-hybridized carbons (Fsp3) is 0.333. The topological polar surface area (TPSA) is 38.3 Å². The molecule has 3 heterocycles. The van der Waals surface area contributed by atoms with Crippen molar-refractivity contribution in [3.8, 4) is 16.9 Å². The molecule has 128 valence electrons. The molecule has 0 N–H and O–H groups in total. The lowest BCUT2D eigenvalue weighted by Crippen LogP contribution is -2.33. The van der Waals surface area contributed by atoms with Gasteiger partial charge in [-0.3, -0.25) is 4.98 Å². The number of aromatic nitrogens is 2. The summed E-state index contributed by atoms with van der Waals surface area (Å²) < 4.78 is 5.69. The average Bonchev–Trinajstić information content (AvgIpc) is 2.68. The van der Waals surface area contributed by atoms with Crippen LogP contribution >= 0.6 is 0 Å². The monoisotopic (exact) mass is 333 g/mol. The molecule has 0 bridgehead atoms. The molecule has 0 atom stereocenters. The number of hydrogen-bond donors (Lipinski definition) is 0. The largest absolute Gasteiger partial charge is 0.496 e. The first-order chi connectivity index (χ1) is 12.3. The first-order valence-electron chi connectivity index (χ1n) is 8.89. The number of fused-ring (bicyclic) bond motifs is 1. The maximum Gasteiger partial charge on any atom is 0.140 e. The fourth-order valence-corrected chi connectivity index (χ4v) is 3.64. The van der Waals surface area contributed by atoms with Crippen molar-refractivity contribution in [2.75, 3.05) is 25.1 Å². The van der Waals surface area contributed by atoms with E-state index >= 15 is 0 Å². The van der Waals surface area contributed by atoms with E-state index in [0.29, 0.717) is 0 Å². The van der Waals surface area contributed by atoms with Gasteiger partial charge in [-0.25, -0.2) is 4.98 Å². The summed E-state index contributed by atoms with van der Waals surface area (Å²) in [6, 6.07) is 10.3. The third kappa shape index (κ3) is 2.93. The van der Waals surface area contributed by atoms with Crippen LogP contribution in [0.2, 0.25) is 0 Å². The van der Waals surface area contributed by atoms with Gasteiger partial charge < -0.3 is 9.64 Å². The van der Waals surface area contributed by atoms with Gasteiger partial charge in [0.25, 0.3) is 0 Å². The van der Waals surface area contributed by atoms with Crippen LogP contribution in [0.5, 0.6) is 5.75 Å². The molecule has 0 aliphatic carbocycles. The molecule has 0 amide bonds. The number of hydrogen-bond acceptors (Lipinski definition) is 4. The van der Waals surface area contributed by atoms with Gasteiger partial charge in [-0.1, -0.05) is 19.1 Å². The fourth-order valence-electron chi connectivity index (χ4n) is 3.64. The van der Waals surface area contributed by atoms with Crippen LogP contribution in [0.4, 0.5) is 5.82 Å². The van der Waals surface area contributed by atoms with E-state index in [9.17, 15) is 0 Å². The number of benzene rings is 1. The molecule has 1 fully saturated rings. The zero-order valence-corrected chi connectivity index (χ0v) is 14.8. The van der Waals surface area contributed by atoms with Crippen molar-refractivity contribution in [3.63, 3.8) is 0 Å². The molecule has 4 heteroatoms. The Morgan fingerprint density at radius 1 is 1.08 bits per heavy atom. The van der Waals surface area contributed by atoms with Crippen molar-refractivity contribution >= 4 is 16.6 Å². The van der Waals surface area contributed by atoms with Gasteiger partial charge >= 0.3 is 0 Å². The molecule has 2 aromatic heterocycles. The first-order valence-corrected chi connectivity index (χ1v) is 8.89. The lowest BCUT2D eigenvalue weighted by atomic mass is 9.97. The van der Waals surface area contributed by atoms with Crippen molar-refractivity contribution in [1.29, 1.82) is 0 Å². The van der Waals surface area contributed by atoms with Crippen molar-refractivity contribution < 1.29 is 4.74 Å². The molecule has 1 aliphatic rings. The Labute approximate surface area is 148 Å². The Kier molecular flexibility index (Phi) is 4.26. The third-order valence-corrected chi connectivity index (χ3v) is 5.15. The second-order valence-electron chi connectivity index (χ2n) is 6.78. The van der Waals surface area contributed by atoms with Crippen molar-refractivity contribution in [1.82, 2.24) is 9.97 Å². The number of methoxy groups -OCH3 is 1. The summed E-state index contributed by atoms with van der Waals surface area (Å²) in [6.45, 7) is 4.43. The van der Waals surface area contributed by atoms with Crippen LogP contribution in [0.1, 0.15) is 19.8 Å². The van der Waals surface area contributed by atoms with Gasteiger partial charge in [0, 0.05) is 37.2 Å². The van der Waals surface area contributed by atoms with Crippen LogP contribution in [-0.4, -0.2) is 30.2 Å². The van der Waals surface area contributed by atoms with E-state index in [1.165, 1.54) is 18.2 Å². The molecule has 1 aliphatic heterocycles. The quantitative estimate of drug-likeness (QED) is 0.705. The molecule has 0 radical (unpaired) electrons. The molecule has 1 aromatic carbocycles. The van der Waals surface area contributed by atoms with Gasteiger partial charge in [-0.15, -0.1) is 0 Å². The number of pyridine rings is 2. The summed E-state index contributed by atoms with van der Waals surface area (Å²) in [5.74, 6) is 2.71. The van der Waals surface area contributed by atoms with Gasteiger partial charge in [0.2, 0.25) is 0 Å². The Bertz CT molecular complexity index is 871. The van der Waals surface area contributed by atoms with Crippen LogP contribution in [0.15, 0.2) is 48.9 Å². The Balaban J connectivity index is 1.90. The standard InChI is InChI=1S/C21H23N3O/c1-15-8-12-24(13-9-15)21-20-17(4-3-5-19(20)25-2)18(14-23-21)16-6-10-22-11-7-16/h3-7,10-11,14-15H,8-9,12-13H2,1-2H3. The minimum absolute atomic E-state index is 0.792. The minimum atomic E-state index is 0.792. The van der Waals surface area contributed by atoms with Gasteiger partial charge in [-0.05, 0) is 47.9 Å². The van der Waals surface area contributed by atoms with E-state index in [4.69, 9.17) is 9.72 Å².